The standard InChI is InChI=1S/C17H24N2O4.C16H22N2O4.Li/c1-18(2)12-16(21)19(3)11-13-5-7-14(8-6-13)15(20)9-10-17(22)23-4;1-17(2)11-15(20)18(3)10-12-4-6-13(7-5-12)14(19)8-9-16(21)22;/h5-8H,9-12H2,1-4H3;4-7H,8-11H2,1-3H3,(H,21,22);/q;;+1/p-1. The third-order valence-corrected chi connectivity index (χ3v) is 6.49. The largest absolute Gasteiger partial charge is 1.00 e. The third kappa shape index (κ3) is 17.0. The van der Waals surface area contributed by atoms with Crippen LogP contribution in [0.5, 0.6) is 0 Å². The number of amides is 2. The molecule has 2 rings (SSSR count). The first-order chi connectivity index (χ1) is 21.1. The summed E-state index contributed by atoms with van der Waals surface area (Å²) >= 11 is 0. The Balaban J connectivity index is 0.000000862. The molecule has 246 valence electrons. The summed E-state index contributed by atoms with van der Waals surface area (Å²) in [5, 5.41) is 10.3. The van der Waals surface area contributed by atoms with Gasteiger partial charge in [-0.2, -0.15) is 0 Å². The minimum Gasteiger partial charge on any atom is -0.550 e. The van der Waals surface area contributed by atoms with Gasteiger partial charge in [-0.1, -0.05) is 48.5 Å². The average molecular weight is 633 g/mol. The van der Waals surface area contributed by atoms with E-state index >= 15 is 0 Å². The number of hydrogen-bond donors (Lipinski definition) is 0. The predicted octanol–water partition coefficient (Wildman–Crippen LogP) is -1.73. The minimum absolute atomic E-state index is 0. The van der Waals surface area contributed by atoms with Crippen LogP contribution < -0.4 is 24.0 Å². The van der Waals surface area contributed by atoms with Gasteiger partial charge in [0.2, 0.25) is 11.8 Å². The Hall–Kier alpha value is -3.82. The van der Waals surface area contributed by atoms with E-state index in [4.69, 9.17) is 0 Å². The Bertz CT molecular complexity index is 1300. The monoisotopic (exact) mass is 632 g/mol. The van der Waals surface area contributed by atoms with Crippen molar-refractivity contribution in [1.29, 1.82) is 0 Å². The fourth-order valence-corrected chi connectivity index (χ4v) is 3.92. The summed E-state index contributed by atoms with van der Waals surface area (Å²) in [6.45, 7) is 1.65. The van der Waals surface area contributed by atoms with Gasteiger partial charge in [-0.25, -0.2) is 0 Å². The molecule has 0 unspecified atom stereocenters. The molecule has 46 heavy (non-hydrogen) atoms. The van der Waals surface area contributed by atoms with Crippen molar-refractivity contribution >= 4 is 35.3 Å². The van der Waals surface area contributed by atoms with Gasteiger partial charge in [-0.15, -0.1) is 0 Å². The van der Waals surface area contributed by atoms with Crippen LogP contribution >= 0.6 is 0 Å². The van der Waals surface area contributed by atoms with E-state index in [1.165, 1.54) is 7.11 Å². The molecule has 0 bridgehead atoms. The predicted molar refractivity (Wildman–Crippen MR) is 167 cm³/mol. The molecule has 0 saturated heterocycles. The summed E-state index contributed by atoms with van der Waals surface area (Å²) < 4.78 is 4.52. The first-order valence-electron chi connectivity index (χ1n) is 14.4. The Labute approximate surface area is 283 Å². The van der Waals surface area contributed by atoms with Crippen molar-refractivity contribution in [3.8, 4) is 0 Å². The molecular weight excluding hydrogens is 587 g/mol. The van der Waals surface area contributed by atoms with Crippen LogP contribution in [0.1, 0.15) is 57.5 Å². The molecule has 2 amide bonds. The molecule has 2 aromatic carbocycles. The van der Waals surface area contributed by atoms with Crippen molar-refractivity contribution in [2.45, 2.75) is 38.8 Å². The summed E-state index contributed by atoms with van der Waals surface area (Å²) in [5.74, 6) is -1.90. The second-order valence-electron chi connectivity index (χ2n) is 11.2. The number of methoxy groups -OCH3 is 1. The van der Waals surface area contributed by atoms with E-state index in [1.54, 1.807) is 65.2 Å². The summed E-state index contributed by atoms with van der Waals surface area (Å²) in [4.78, 5) is 75.7. The van der Waals surface area contributed by atoms with Gasteiger partial charge in [-0.3, -0.25) is 24.0 Å². The van der Waals surface area contributed by atoms with Gasteiger partial charge in [0.15, 0.2) is 11.6 Å². The molecule has 0 saturated carbocycles. The normalized spacial score (nSPS) is 10.3. The van der Waals surface area contributed by atoms with Crippen molar-refractivity contribution < 1.29 is 57.5 Å². The van der Waals surface area contributed by atoms with E-state index in [1.807, 2.05) is 45.2 Å². The summed E-state index contributed by atoms with van der Waals surface area (Å²) in [5.41, 5.74) is 2.88. The fraction of sp³-hybridized carbons (Fsp3) is 0.455. The molecule has 13 heteroatoms. The van der Waals surface area contributed by atoms with Crippen molar-refractivity contribution in [1.82, 2.24) is 19.6 Å². The van der Waals surface area contributed by atoms with Crippen molar-refractivity contribution in [3.05, 3.63) is 70.8 Å². The summed E-state index contributed by atoms with van der Waals surface area (Å²) in [6.07, 6.45) is -0.128. The number of ketones is 2. The number of ether oxygens (including phenoxy) is 1. The topological polar surface area (TPSA) is 148 Å². The Kier molecular flexibility index (Phi) is 20.0. The number of likely N-dealkylation sites (N-methyl/N-ethyl adjacent to an activating group) is 4. The number of Topliss-reactive ketones (excluding diaryl/α,β-unsaturated/α-hetero) is 2. The second-order valence-corrected chi connectivity index (χ2v) is 11.2. The van der Waals surface area contributed by atoms with E-state index in [9.17, 15) is 33.9 Å². The zero-order chi connectivity index (χ0) is 34.1. The van der Waals surface area contributed by atoms with Crippen molar-refractivity contribution in [2.24, 2.45) is 0 Å². The number of carbonyl (C=O) groups is 6. The van der Waals surface area contributed by atoms with Gasteiger partial charge < -0.3 is 34.2 Å². The maximum atomic E-state index is 12.0. The molecule has 0 heterocycles. The molecule has 2 aromatic rings. The number of benzene rings is 2. The second kappa shape index (κ2) is 21.8. The number of rotatable bonds is 16. The number of carboxylic acids is 1. The van der Waals surface area contributed by atoms with Gasteiger partial charge in [-0.05, 0) is 45.7 Å². The average Bonchev–Trinajstić information content (AvgIpc) is 2.98. The number of esters is 1. The molecular formula is C33H45LiN4O8. The van der Waals surface area contributed by atoms with Gasteiger partial charge in [0.05, 0.1) is 26.6 Å². The van der Waals surface area contributed by atoms with E-state index in [0.29, 0.717) is 37.3 Å². The van der Waals surface area contributed by atoms with Crippen LogP contribution in [0.15, 0.2) is 48.5 Å². The molecule has 12 nitrogen and oxygen atoms in total. The third-order valence-electron chi connectivity index (χ3n) is 6.49. The molecule has 0 N–H and O–H groups in total. The van der Waals surface area contributed by atoms with Crippen LogP contribution in [0, 0.1) is 0 Å². The van der Waals surface area contributed by atoms with Crippen LogP contribution in [0.2, 0.25) is 0 Å². The zero-order valence-corrected chi connectivity index (χ0v) is 28.3. The van der Waals surface area contributed by atoms with E-state index in [2.05, 4.69) is 4.74 Å². The molecule has 0 fully saturated rings. The van der Waals surface area contributed by atoms with Crippen LogP contribution in [0.25, 0.3) is 0 Å². The Morgan fingerprint density at radius 2 is 0.935 bits per heavy atom. The van der Waals surface area contributed by atoms with Crippen molar-refractivity contribution in [2.75, 3.05) is 62.5 Å². The SMILES string of the molecule is CN(C)CC(=O)N(C)Cc1ccc(C(=O)CCC(=O)[O-])cc1.COC(=O)CCC(=O)c1ccc(CN(C)C(=O)CN(C)C)cc1.[Li+]. The smallest absolute Gasteiger partial charge is 0.550 e. The molecule has 0 aliphatic carbocycles. The number of hydrogen-bond acceptors (Lipinski definition) is 10. The number of aliphatic carboxylic acids is 1. The Morgan fingerprint density at radius 3 is 1.24 bits per heavy atom. The fourth-order valence-electron chi connectivity index (χ4n) is 3.92. The van der Waals surface area contributed by atoms with Crippen LogP contribution in [-0.4, -0.2) is 117 Å². The molecule has 0 aliphatic rings. The van der Waals surface area contributed by atoms with Crippen LogP contribution in [0.3, 0.4) is 0 Å². The summed E-state index contributed by atoms with van der Waals surface area (Å²) in [6, 6.07) is 13.9. The molecule has 0 radical (unpaired) electrons. The minimum atomic E-state index is -1.23. The zero-order valence-electron chi connectivity index (χ0n) is 28.3. The number of carboxylic acid groups (broad SMARTS) is 1. The van der Waals surface area contributed by atoms with Gasteiger partial charge in [0.1, 0.15) is 0 Å². The van der Waals surface area contributed by atoms with Crippen LogP contribution in [0.4, 0.5) is 0 Å². The maximum Gasteiger partial charge on any atom is 1.00 e. The molecule has 0 spiro atoms. The molecule has 0 aromatic heterocycles. The van der Waals surface area contributed by atoms with E-state index in [0.717, 1.165) is 11.1 Å². The number of carbonyl (C=O) groups excluding carboxylic acids is 6. The maximum absolute atomic E-state index is 12.0. The van der Waals surface area contributed by atoms with E-state index in [-0.39, 0.29) is 67.9 Å². The first-order valence-corrected chi connectivity index (χ1v) is 14.4. The summed E-state index contributed by atoms with van der Waals surface area (Å²) in [7, 11) is 12.1. The molecule has 0 aliphatic heterocycles. The quantitative estimate of drug-likeness (QED) is 0.119. The molecule has 0 atom stereocenters. The van der Waals surface area contributed by atoms with E-state index < -0.39 is 11.9 Å². The van der Waals surface area contributed by atoms with Gasteiger partial charge >= 0.3 is 24.8 Å². The number of nitrogens with zero attached hydrogens (tertiary/aromatic N) is 4. The van der Waals surface area contributed by atoms with Gasteiger partial charge in [0.25, 0.3) is 0 Å². The van der Waals surface area contributed by atoms with Gasteiger partial charge in [0, 0.05) is 57.1 Å². The van der Waals surface area contributed by atoms with Crippen LogP contribution in [-0.2, 0) is 37.0 Å². The van der Waals surface area contributed by atoms with Crippen molar-refractivity contribution in [3.63, 3.8) is 0 Å². The Morgan fingerprint density at radius 1 is 0.587 bits per heavy atom. The first kappa shape index (κ1) is 42.2.